The molecule has 1 atom stereocenters. The number of nitrogens with one attached hydrogen (secondary N) is 1. The Labute approximate surface area is 197 Å². The van der Waals surface area contributed by atoms with Crippen LogP contribution in [-0.2, 0) is 28.0 Å². The third kappa shape index (κ3) is 4.30. The van der Waals surface area contributed by atoms with E-state index < -0.39 is 5.60 Å². The Bertz CT molecular complexity index is 1210. The Hall–Kier alpha value is -2.68. The molecule has 9 heteroatoms. The zero-order valence-corrected chi connectivity index (χ0v) is 20.1. The second-order valence-electron chi connectivity index (χ2n) is 9.09. The van der Waals surface area contributed by atoms with Crippen molar-refractivity contribution in [2.75, 3.05) is 19.0 Å². The lowest BCUT2D eigenvalue weighted by atomic mass is 10.0. The van der Waals surface area contributed by atoms with Crippen molar-refractivity contribution in [2.45, 2.75) is 58.3 Å². The molecule has 33 heavy (non-hydrogen) atoms. The molecule has 1 unspecified atom stereocenters. The van der Waals surface area contributed by atoms with Gasteiger partial charge in [0.05, 0.1) is 18.3 Å². The van der Waals surface area contributed by atoms with E-state index in [0.717, 1.165) is 59.8 Å². The predicted molar refractivity (Wildman–Crippen MR) is 126 cm³/mol. The summed E-state index contributed by atoms with van der Waals surface area (Å²) in [5.74, 6) is 0.967. The fraction of sp³-hybridized carbons (Fsp3) is 0.458. The number of methoxy groups -OCH3 is 1. The summed E-state index contributed by atoms with van der Waals surface area (Å²) in [6.07, 6.45) is 5.14. The molecular formula is C24H28ClN5O3. The van der Waals surface area contributed by atoms with Gasteiger partial charge in [0.2, 0.25) is 0 Å². The van der Waals surface area contributed by atoms with Crippen molar-refractivity contribution in [1.82, 2.24) is 19.9 Å². The number of fused-ring (bicyclic) bond motifs is 3. The van der Waals surface area contributed by atoms with Crippen LogP contribution in [0.1, 0.15) is 50.9 Å². The van der Waals surface area contributed by atoms with E-state index in [2.05, 4.69) is 21.7 Å². The van der Waals surface area contributed by atoms with Crippen LogP contribution < -0.4 is 5.32 Å². The molecule has 174 valence electrons. The van der Waals surface area contributed by atoms with Crippen LogP contribution in [0.4, 0.5) is 5.69 Å². The monoisotopic (exact) mass is 469 g/mol. The van der Waals surface area contributed by atoms with Crippen LogP contribution in [0.15, 0.2) is 34.6 Å². The Morgan fingerprint density at radius 2 is 2.21 bits per heavy atom. The second kappa shape index (κ2) is 8.59. The molecule has 3 aromatic rings. The highest BCUT2D eigenvalue weighted by Crippen LogP contribution is 2.38. The number of rotatable bonds is 5. The lowest BCUT2D eigenvalue weighted by Crippen LogP contribution is -2.19. The summed E-state index contributed by atoms with van der Waals surface area (Å²) >= 11 is 6.36. The first kappa shape index (κ1) is 22.1. The fourth-order valence-electron chi connectivity index (χ4n) is 4.20. The van der Waals surface area contributed by atoms with Gasteiger partial charge in [0.15, 0.2) is 5.82 Å². The zero-order chi connectivity index (χ0) is 23.2. The molecule has 8 nitrogen and oxygen atoms in total. The molecule has 2 aromatic heterocycles. The highest BCUT2D eigenvalue weighted by molar-refractivity contribution is 6.31. The Morgan fingerprint density at radius 1 is 1.36 bits per heavy atom. The van der Waals surface area contributed by atoms with E-state index >= 15 is 0 Å². The molecule has 1 N–H and O–H groups in total. The van der Waals surface area contributed by atoms with Gasteiger partial charge in [-0.05, 0) is 51.8 Å². The van der Waals surface area contributed by atoms with Crippen molar-refractivity contribution < 1.29 is 14.0 Å². The van der Waals surface area contributed by atoms with E-state index in [0.29, 0.717) is 23.2 Å². The predicted octanol–water partition coefficient (Wildman–Crippen LogP) is 5.05. The molecule has 0 amide bonds. The van der Waals surface area contributed by atoms with Gasteiger partial charge in [-0.2, -0.15) is 10.1 Å². The van der Waals surface area contributed by atoms with Gasteiger partial charge < -0.3 is 19.3 Å². The molecule has 5 rings (SSSR count). The van der Waals surface area contributed by atoms with E-state index in [4.69, 9.17) is 30.7 Å². The average Bonchev–Trinajstić information content (AvgIpc) is 3.54. The maximum atomic E-state index is 6.36. The molecule has 1 fully saturated rings. The SMILES string of the molecule is COC(C)(C)c1nc(/C(C)=C2\Cc3cn(CC4CCCO4)nc3-c3cc(Cl)ccc3N2)no1. The number of benzene rings is 1. The van der Waals surface area contributed by atoms with E-state index in [1.165, 1.54) is 0 Å². The maximum Gasteiger partial charge on any atom is 0.258 e. The van der Waals surface area contributed by atoms with Crippen molar-refractivity contribution in [3.8, 4) is 11.3 Å². The quantitative estimate of drug-likeness (QED) is 0.559. The topological polar surface area (TPSA) is 87.2 Å². The molecule has 1 saturated heterocycles. The van der Waals surface area contributed by atoms with E-state index in [1.807, 2.05) is 43.7 Å². The molecule has 2 aliphatic rings. The molecule has 0 saturated carbocycles. The number of hydrogen-bond donors (Lipinski definition) is 1. The van der Waals surface area contributed by atoms with Crippen LogP contribution in [0.5, 0.6) is 0 Å². The summed E-state index contributed by atoms with van der Waals surface area (Å²) in [5.41, 5.74) is 5.17. The average molecular weight is 470 g/mol. The molecule has 1 aromatic carbocycles. The Balaban J connectivity index is 1.55. The third-order valence-electron chi connectivity index (χ3n) is 6.38. The molecular weight excluding hydrogens is 442 g/mol. The number of nitrogens with zero attached hydrogens (tertiary/aromatic N) is 4. The molecule has 0 aliphatic carbocycles. The number of halogens is 1. The van der Waals surface area contributed by atoms with Gasteiger partial charge in [-0.25, -0.2) is 0 Å². The van der Waals surface area contributed by atoms with Gasteiger partial charge in [0, 0.05) is 59.4 Å². The van der Waals surface area contributed by atoms with Crippen LogP contribution in [0, 0.1) is 0 Å². The fourth-order valence-corrected chi connectivity index (χ4v) is 4.37. The summed E-state index contributed by atoms with van der Waals surface area (Å²) in [6, 6.07) is 5.81. The largest absolute Gasteiger partial charge is 0.376 e. The van der Waals surface area contributed by atoms with E-state index in [9.17, 15) is 0 Å². The number of allylic oxidation sites excluding steroid dienone is 2. The van der Waals surface area contributed by atoms with Gasteiger partial charge in [-0.15, -0.1) is 0 Å². The number of ether oxygens (including phenoxy) is 2. The van der Waals surface area contributed by atoms with Crippen molar-refractivity contribution >= 4 is 22.9 Å². The highest BCUT2D eigenvalue weighted by Gasteiger charge is 2.29. The number of hydrogen-bond acceptors (Lipinski definition) is 7. The van der Waals surface area contributed by atoms with Crippen LogP contribution in [-0.4, -0.2) is 39.7 Å². The Morgan fingerprint density at radius 3 is 2.97 bits per heavy atom. The van der Waals surface area contributed by atoms with Gasteiger partial charge in [-0.1, -0.05) is 16.8 Å². The smallest absolute Gasteiger partial charge is 0.258 e. The van der Waals surface area contributed by atoms with E-state index in [1.54, 1.807) is 7.11 Å². The molecule has 0 spiro atoms. The zero-order valence-electron chi connectivity index (χ0n) is 19.3. The van der Waals surface area contributed by atoms with Crippen molar-refractivity contribution in [1.29, 1.82) is 0 Å². The first-order valence-corrected chi connectivity index (χ1v) is 11.6. The van der Waals surface area contributed by atoms with E-state index in [-0.39, 0.29) is 6.10 Å². The maximum absolute atomic E-state index is 6.36. The first-order valence-electron chi connectivity index (χ1n) is 11.2. The van der Waals surface area contributed by atoms with Gasteiger partial charge >= 0.3 is 0 Å². The minimum atomic E-state index is -0.660. The second-order valence-corrected chi connectivity index (χ2v) is 9.53. The normalized spacial score (nSPS) is 19.6. The van der Waals surface area contributed by atoms with Crippen molar-refractivity contribution in [3.63, 3.8) is 0 Å². The van der Waals surface area contributed by atoms with Crippen LogP contribution >= 0.6 is 11.6 Å². The number of anilines is 1. The molecule has 0 radical (unpaired) electrons. The third-order valence-corrected chi connectivity index (χ3v) is 6.62. The lowest BCUT2D eigenvalue weighted by Gasteiger charge is -2.16. The van der Waals surface area contributed by atoms with Gasteiger partial charge in [0.25, 0.3) is 5.89 Å². The molecule has 0 bridgehead atoms. The van der Waals surface area contributed by atoms with Crippen molar-refractivity contribution in [3.05, 3.63) is 52.4 Å². The molecule has 4 heterocycles. The highest BCUT2D eigenvalue weighted by atomic mass is 35.5. The Kier molecular flexibility index (Phi) is 5.76. The standard InChI is InChI=1S/C24H28ClN5O3/c1-14(22-27-23(33-29-22)24(2,3)31-4)20-10-15-12-30(13-17-6-5-9-32-17)28-21(15)18-11-16(25)7-8-19(18)26-20/h7-8,11-12,17,26H,5-6,9-10,13H2,1-4H3/b20-14+. The van der Waals surface area contributed by atoms with Crippen LogP contribution in [0.3, 0.4) is 0 Å². The summed E-state index contributed by atoms with van der Waals surface area (Å²) < 4.78 is 18.8. The summed E-state index contributed by atoms with van der Waals surface area (Å²) in [7, 11) is 1.62. The van der Waals surface area contributed by atoms with Crippen molar-refractivity contribution in [2.24, 2.45) is 0 Å². The van der Waals surface area contributed by atoms with Gasteiger partial charge in [0.1, 0.15) is 5.60 Å². The first-order chi connectivity index (χ1) is 15.8. The van der Waals surface area contributed by atoms with Gasteiger partial charge in [-0.3, -0.25) is 4.68 Å². The minimum Gasteiger partial charge on any atom is -0.376 e. The van der Waals surface area contributed by atoms with Crippen LogP contribution in [0.25, 0.3) is 16.8 Å². The molecule has 2 aliphatic heterocycles. The lowest BCUT2D eigenvalue weighted by molar-refractivity contribution is -0.00786. The summed E-state index contributed by atoms with van der Waals surface area (Å²) in [4.78, 5) is 4.60. The number of aromatic nitrogens is 4. The summed E-state index contributed by atoms with van der Waals surface area (Å²) in [5, 5.41) is 13.4. The summed E-state index contributed by atoms with van der Waals surface area (Å²) in [6.45, 7) is 7.35. The minimum absolute atomic E-state index is 0.212. The van der Waals surface area contributed by atoms with Crippen LogP contribution in [0.2, 0.25) is 5.02 Å².